The lowest BCUT2D eigenvalue weighted by Gasteiger charge is -2.23. The van der Waals surface area contributed by atoms with Gasteiger partial charge in [-0.3, -0.25) is 0 Å². The minimum Gasteiger partial charge on any atom is -0.496 e. The number of nitrogens with zero attached hydrogens (tertiary/aromatic N) is 3. The van der Waals surface area contributed by atoms with Gasteiger partial charge in [0.1, 0.15) is 23.4 Å². The van der Waals surface area contributed by atoms with Gasteiger partial charge in [0.15, 0.2) is 5.82 Å². The Morgan fingerprint density at radius 3 is 2.11 bits per heavy atom. The van der Waals surface area contributed by atoms with Gasteiger partial charge in [-0.25, -0.2) is 0 Å². The summed E-state index contributed by atoms with van der Waals surface area (Å²) in [6, 6.07) is 5.66. The highest BCUT2D eigenvalue weighted by molar-refractivity contribution is 5.72. The lowest BCUT2D eigenvalue weighted by atomic mass is 10.1. The summed E-state index contributed by atoms with van der Waals surface area (Å²) in [6.07, 6.45) is 1.72. The minimum atomic E-state index is -0.120. The van der Waals surface area contributed by atoms with Crippen molar-refractivity contribution in [2.24, 2.45) is 0 Å². The van der Waals surface area contributed by atoms with E-state index in [0.717, 1.165) is 22.9 Å². The van der Waals surface area contributed by atoms with Crippen molar-refractivity contribution in [3.05, 3.63) is 24.5 Å². The summed E-state index contributed by atoms with van der Waals surface area (Å²) in [6.45, 7) is 6.30. The molecule has 0 radical (unpaired) electrons. The van der Waals surface area contributed by atoms with E-state index in [1.165, 1.54) is 0 Å². The van der Waals surface area contributed by atoms with E-state index in [1.807, 2.05) is 22.8 Å². The van der Waals surface area contributed by atoms with Crippen molar-refractivity contribution < 1.29 is 9.47 Å². The van der Waals surface area contributed by atoms with Crippen molar-refractivity contribution in [1.29, 1.82) is 0 Å². The van der Waals surface area contributed by atoms with Crippen molar-refractivity contribution in [3.8, 4) is 22.9 Å². The van der Waals surface area contributed by atoms with Crippen LogP contribution < -0.4 is 9.47 Å². The monoisotopic (exact) mass is 261 g/mol. The molecule has 2 rings (SSSR count). The number of aromatic nitrogens is 3. The zero-order valence-electron chi connectivity index (χ0n) is 12.0. The maximum atomic E-state index is 5.42. The van der Waals surface area contributed by atoms with Gasteiger partial charge in [-0.15, -0.1) is 10.2 Å². The third-order valence-corrected chi connectivity index (χ3v) is 2.92. The van der Waals surface area contributed by atoms with E-state index in [9.17, 15) is 0 Å². The molecule has 0 N–H and O–H groups in total. The van der Waals surface area contributed by atoms with Gasteiger partial charge in [-0.2, -0.15) is 0 Å². The highest BCUT2D eigenvalue weighted by Crippen LogP contribution is 2.38. The van der Waals surface area contributed by atoms with Crippen LogP contribution in [0.4, 0.5) is 0 Å². The van der Waals surface area contributed by atoms with E-state index in [2.05, 4.69) is 31.0 Å². The zero-order chi connectivity index (χ0) is 14.0. The largest absolute Gasteiger partial charge is 0.496 e. The van der Waals surface area contributed by atoms with Crippen LogP contribution in [-0.2, 0) is 5.54 Å². The van der Waals surface area contributed by atoms with Crippen LogP contribution in [0.5, 0.6) is 11.5 Å². The van der Waals surface area contributed by atoms with Crippen LogP contribution in [0.3, 0.4) is 0 Å². The molecule has 0 aliphatic carbocycles. The van der Waals surface area contributed by atoms with E-state index in [0.29, 0.717) is 0 Å². The first-order chi connectivity index (χ1) is 8.99. The second-order valence-electron chi connectivity index (χ2n) is 5.23. The van der Waals surface area contributed by atoms with Gasteiger partial charge < -0.3 is 14.0 Å². The Morgan fingerprint density at radius 1 is 1.05 bits per heavy atom. The first-order valence-electron chi connectivity index (χ1n) is 6.11. The van der Waals surface area contributed by atoms with Crippen LogP contribution in [-0.4, -0.2) is 29.0 Å². The zero-order valence-corrected chi connectivity index (χ0v) is 12.0. The van der Waals surface area contributed by atoms with Crippen molar-refractivity contribution in [3.63, 3.8) is 0 Å². The summed E-state index contributed by atoms with van der Waals surface area (Å²) in [4.78, 5) is 0. The van der Waals surface area contributed by atoms with Crippen molar-refractivity contribution in [1.82, 2.24) is 14.8 Å². The highest BCUT2D eigenvalue weighted by Gasteiger charge is 2.23. The molecule has 1 heterocycles. The van der Waals surface area contributed by atoms with Gasteiger partial charge in [0.05, 0.1) is 14.2 Å². The number of rotatable bonds is 3. The molecular formula is C14H19N3O2. The summed E-state index contributed by atoms with van der Waals surface area (Å²) in [7, 11) is 3.27. The fraction of sp³-hybridized carbons (Fsp3) is 0.429. The first kappa shape index (κ1) is 13.4. The van der Waals surface area contributed by atoms with Gasteiger partial charge in [0, 0.05) is 5.54 Å². The Balaban J connectivity index is 2.69. The van der Waals surface area contributed by atoms with Crippen LogP contribution in [0.2, 0.25) is 0 Å². The van der Waals surface area contributed by atoms with E-state index >= 15 is 0 Å². The number of hydrogen-bond donors (Lipinski definition) is 0. The second-order valence-corrected chi connectivity index (χ2v) is 5.23. The molecule has 0 saturated carbocycles. The summed E-state index contributed by atoms with van der Waals surface area (Å²) in [5, 5.41) is 8.24. The predicted octanol–water partition coefficient (Wildman–Crippen LogP) is 2.72. The molecule has 1 aromatic heterocycles. The number of methoxy groups -OCH3 is 2. The first-order valence-corrected chi connectivity index (χ1v) is 6.11. The molecule has 19 heavy (non-hydrogen) atoms. The van der Waals surface area contributed by atoms with E-state index in [4.69, 9.17) is 9.47 Å². The Kier molecular flexibility index (Phi) is 3.46. The molecule has 0 bridgehead atoms. The van der Waals surface area contributed by atoms with Crippen LogP contribution >= 0.6 is 0 Å². The Morgan fingerprint density at radius 2 is 1.63 bits per heavy atom. The molecule has 5 heteroatoms. The predicted molar refractivity (Wildman–Crippen MR) is 73.6 cm³/mol. The molecule has 1 aromatic carbocycles. The fourth-order valence-electron chi connectivity index (χ4n) is 1.97. The Bertz CT molecular complexity index is 548. The van der Waals surface area contributed by atoms with Gasteiger partial charge in [-0.05, 0) is 32.9 Å². The van der Waals surface area contributed by atoms with Crippen molar-refractivity contribution in [2.45, 2.75) is 26.3 Å². The molecule has 0 atom stereocenters. The molecule has 2 aromatic rings. The molecule has 102 valence electrons. The molecule has 0 aliphatic heterocycles. The smallest absolute Gasteiger partial charge is 0.171 e. The number of ether oxygens (including phenoxy) is 2. The van der Waals surface area contributed by atoms with Crippen LogP contribution in [0, 0.1) is 0 Å². The third-order valence-electron chi connectivity index (χ3n) is 2.92. The molecule has 0 unspecified atom stereocenters. The van der Waals surface area contributed by atoms with E-state index < -0.39 is 0 Å². The molecule has 0 spiro atoms. The van der Waals surface area contributed by atoms with Gasteiger partial charge in [-0.1, -0.05) is 6.07 Å². The minimum absolute atomic E-state index is 0.120. The van der Waals surface area contributed by atoms with Crippen LogP contribution in [0.1, 0.15) is 20.8 Å². The lowest BCUT2D eigenvalue weighted by Crippen LogP contribution is -2.22. The van der Waals surface area contributed by atoms with Gasteiger partial charge in [0.25, 0.3) is 0 Å². The summed E-state index contributed by atoms with van der Waals surface area (Å²) in [5.41, 5.74) is 0.699. The van der Waals surface area contributed by atoms with Crippen LogP contribution in [0.15, 0.2) is 24.5 Å². The number of hydrogen-bond acceptors (Lipinski definition) is 4. The number of benzene rings is 1. The maximum absolute atomic E-state index is 5.42. The average molecular weight is 261 g/mol. The molecule has 0 amide bonds. The molecular weight excluding hydrogens is 242 g/mol. The van der Waals surface area contributed by atoms with Crippen LogP contribution in [0.25, 0.3) is 11.4 Å². The van der Waals surface area contributed by atoms with Crippen molar-refractivity contribution >= 4 is 0 Å². The SMILES string of the molecule is COc1cccc(OC)c1-c1nncn1C(C)(C)C. The van der Waals surface area contributed by atoms with Crippen molar-refractivity contribution in [2.75, 3.05) is 14.2 Å². The lowest BCUT2D eigenvalue weighted by molar-refractivity contribution is 0.385. The maximum Gasteiger partial charge on any atom is 0.171 e. The Hall–Kier alpha value is -2.04. The third kappa shape index (κ3) is 2.41. The Labute approximate surface area is 113 Å². The molecule has 5 nitrogen and oxygen atoms in total. The molecule has 0 saturated heterocycles. The normalized spacial score (nSPS) is 11.4. The highest BCUT2D eigenvalue weighted by atomic mass is 16.5. The van der Waals surface area contributed by atoms with Gasteiger partial charge >= 0.3 is 0 Å². The molecule has 0 aliphatic rings. The molecule has 0 fully saturated rings. The standard InChI is InChI=1S/C14H19N3O2/c1-14(2,3)17-9-15-16-13(17)12-10(18-4)7-6-8-11(12)19-5/h6-9H,1-5H3. The van der Waals surface area contributed by atoms with Gasteiger partial charge in [0.2, 0.25) is 0 Å². The van der Waals surface area contributed by atoms with E-state index in [-0.39, 0.29) is 5.54 Å². The fourth-order valence-corrected chi connectivity index (χ4v) is 1.97. The summed E-state index contributed by atoms with van der Waals surface area (Å²) < 4.78 is 12.8. The second kappa shape index (κ2) is 4.91. The summed E-state index contributed by atoms with van der Waals surface area (Å²) >= 11 is 0. The summed E-state index contributed by atoms with van der Waals surface area (Å²) in [5.74, 6) is 2.18. The quantitative estimate of drug-likeness (QED) is 0.852. The van der Waals surface area contributed by atoms with E-state index in [1.54, 1.807) is 20.5 Å². The topological polar surface area (TPSA) is 49.2 Å². The average Bonchev–Trinajstić information content (AvgIpc) is 2.86.